The van der Waals surface area contributed by atoms with Gasteiger partial charge < -0.3 is 4.74 Å². The van der Waals surface area contributed by atoms with Crippen LogP contribution >= 0.6 is 0 Å². The number of pyridine rings is 1. The smallest absolute Gasteiger partial charge is 0.223 e. The molecule has 1 aromatic carbocycles. The standard InChI is InChI=1S/C16H17F2NO/c1-2-3-4-11-20-13-7-5-12(6-8-13)14-9-10-15(17)19-16(14)18/h5-10H,2-4,11H2,1H3. The molecule has 2 rings (SSSR count). The molecular weight excluding hydrogens is 260 g/mol. The van der Waals surface area contributed by atoms with E-state index in [0.29, 0.717) is 12.2 Å². The van der Waals surface area contributed by atoms with Gasteiger partial charge in [0.15, 0.2) is 0 Å². The van der Waals surface area contributed by atoms with Crippen molar-refractivity contribution in [1.82, 2.24) is 4.98 Å². The van der Waals surface area contributed by atoms with Crippen LogP contribution < -0.4 is 4.74 Å². The monoisotopic (exact) mass is 277 g/mol. The lowest BCUT2D eigenvalue weighted by molar-refractivity contribution is 0.306. The first-order chi connectivity index (χ1) is 9.70. The van der Waals surface area contributed by atoms with E-state index in [2.05, 4.69) is 11.9 Å². The second-order valence-corrected chi connectivity index (χ2v) is 4.55. The Bertz CT molecular complexity index is 555. The molecule has 2 nitrogen and oxygen atoms in total. The molecule has 0 amide bonds. The summed E-state index contributed by atoms with van der Waals surface area (Å²) in [5, 5.41) is 0. The van der Waals surface area contributed by atoms with Gasteiger partial charge in [-0.25, -0.2) is 0 Å². The Labute approximate surface area is 117 Å². The quantitative estimate of drug-likeness (QED) is 0.569. The summed E-state index contributed by atoms with van der Waals surface area (Å²) in [6, 6.07) is 9.58. The fourth-order valence-electron chi connectivity index (χ4n) is 1.90. The van der Waals surface area contributed by atoms with E-state index in [1.807, 2.05) is 0 Å². The second-order valence-electron chi connectivity index (χ2n) is 4.55. The van der Waals surface area contributed by atoms with Gasteiger partial charge in [-0.1, -0.05) is 31.9 Å². The van der Waals surface area contributed by atoms with Gasteiger partial charge in [-0.05, 0) is 36.2 Å². The Balaban J connectivity index is 2.04. The van der Waals surface area contributed by atoms with Crippen molar-refractivity contribution in [2.45, 2.75) is 26.2 Å². The topological polar surface area (TPSA) is 22.1 Å². The maximum Gasteiger partial charge on any atom is 0.223 e. The molecule has 1 aromatic heterocycles. The van der Waals surface area contributed by atoms with Crippen LogP contribution in [0.5, 0.6) is 5.75 Å². The summed E-state index contributed by atoms with van der Waals surface area (Å²) in [6.45, 7) is 2.82. The van der Waals surface area contributed by atoms with E-state index >= 15 is 0 Å². The largest absolute Gasteiger partial charge is 0.494 e. The fourth-order valence-corrected chi connectivity index (χ4v) is 1.90. The molecule has 0 saturated carbocycles. The number of nitrogens with zero attached hydrogens (tertiary/aromatic N) is 1. The number of hydrogen-bond donors (Lipinski definition) is 0. The van der Waals surface area contributed by atoms with E-state index in [1.165, 1.54) is 6.07 Å². The van der Waals surface area contributed by atoms with Crippen molar-refractivity contribution in [2.75, 3.05) is 6.61 Å². The van der Waals surface area contributed by atoms with Gasteiger partial charge in [0.1, 0.15) is 5.75 Å². The Morgan fingerprint density at radius 3 is 2.40 bits per heavy atom. The van der Waals surface area contributed by atoms with Crippen LogP contribution in [0.2, 0.25) is 0 Å². The second kappa shape index (κ2) is 6.98. The molecule has 0 radical (unpaired) electrons. The molecule has 1 heterocycles. The Hall–Kier alpha value is -1.97. The summed E-state index contributed by atoms with van der Waals surface area (Å²) in [7, 11) is 0. The minimum atomic E-state index is -0.817. The zero-order valence-corrected chi connectivity index (χ0v) is 11.4. The van der Waals surface area contributed by atoms with Crippen molar-refractivity contribution in [3.05, 3.63) is 48.3 Å². The van der Waals surface area contributed by atoms with Gasteiger partial charge in [-0.2, -0.15) is 13.8 Å². The van der Waals surface area contributed by atoms with Crippen molar-refractivity contribution in [2.24, 2.45) is 0 Å². The lowest BCUT2D eigenvalue weighted by Gasteiger charge is -2.07. The highest BCUT2D eigenvalue weighted by atomic mass is 19.1. The highest BCUT2D eigenvalue weighted by Crippen LogP contribution is 2.24. The third-order valence-corrected chi connectivity index (χ3v) is 3.00. The first-order valence-corrected chi connectivity index (χ1v) is 6.76. The van der Waals surface area contributed by atoms with E-state index < -0.39 is 11.9 Å². The Morgan fingerprint density at radius 2 is 1.75 bits per heavy atom. The zero-order valence-electron chi connectivity index (χ0n) is 11.4. The van der Waals surface area contributed by atoms with Gasteiger partial charge in [0.25, 0.3) is 0 Å². The molecule has 0 bridgehead atoms. The number of unbranched alkanes of at least 4 members (excludes halogenated alkanes) is 2. The first kappa shape index (κ1) is 14.4. The van der Waals surface area contributed by atoms with Gasteiger partial charge in [-0.15, -0.1) is 0 Å². The average molecular weight is 277 g/mol. The van der Waals surface area contributed by atoms with Crippen LogP contribution in [0.1, 0.15) is 26.2 Å². The van der Waals surface area contributed by atoms with Crippen LogP contribution in [-0.2, 0) is 0 Å². The average Bonchev–Trinajstić information content (AvgIpc) is 2.45. The van der Waals surface area contributed by atoms with E-state index in [0.717, 1.165) is 31.1 Å². The molecule has 0 aliphatic carbocycles. The molecule has 20 heavy (non-hydrogen) atoms. The highest BCUT2D eigenvalue weighted by Gasteiger charge is 2.07. The van der Waals surface area contributed by atoms with Crippen molar-refractivity contribution < 1.29 is 13.5 Å². The van der Waals surface area contributed by atoms with Crippen molar-refractivity contribution in [3.8, 4) is 16.9 Å². The molecule has 0 aliphatic rings. The molecule has 0 N–H and O–H groups in total. The minimum Gasteiger partial charge on any atom is -0.494 e. The maximum atomic E-state index is 13.5. The Morgan fingerprint density at radius 1 is 1.00 bits per heavy atom. The summed E-state index contributed by atoms with van der Waals surface area (Å²) in [5.41, 5.74) is 0.930. The van der Waals surface area contributed by atoms with Gasteiger partial charge >= 0.3 is 0 Å². The number of rotatable bonds is 6. The summed E-state index contributed by atoms with van der Waals surface area (Å²) in [6.07, 6.45) is 3.32. The van der Waals surface area contributed by atoms with Crippen molar-refractivity contribution >= 4 is 0 Å². The maximum absolute atomic E-state index is 13.5. The molecule has 0 saturated heterocycles. The zero-order chi connectivity index (χ0) is 14.4. The predicted molar refractivity (Wildman–Crippen MR) is 74.6 cm³/mol. The van der Waals surface area contributed by atoms with E-state index in [1.54, 1.807) is 24.3 Å². The number of halogens is 2. The molecule has 4 heteroatoms. The Kier molecular flexibility index (Phi) is 5.04. The summed E-state index contributed by atoms with van der Waals surface area (Å²) >= 11 is 0. The third-order valence-electron chi connectivity index (χ3n) is 3.00. The van der Waals surface area contributed by atoms with Crippen LogP contribution in [0, 0.1) is 11.9 Å². The molecule has 0 unspecified atom stereocenters. The van der Waals surface area contributed by atoms with Gasteiger partial charge in [0.05, 0.1) is 6.61 Å². The number of benzene rings is 1. The summed E-state index contributed by atoms with van der Waals surface area (Å²) in [5.74, 6) is -0.871. The van der Waals surface area contributed by atoms with Crippen molar-refractivity contribution in [3.63, 3.8) is 0 Å². The van der Waals surface area contributed by atoms with Gasteiger partial charge in [0.2, 0.25) is 11.9 Å². The first-order valence-electron chi connectivity index (χ1n) is 6.76. The molecular formula is C16H17F2NO. The van der Waals surface area contributed by atoms with Crippen molar-refractivity contribution in [1.29, 1.82) is 0 Å². The summed E-state index contributed by atoms with van der Waals surface area (Å²) < 4.78 is 31.9. The van der Waals surface area contributed by atoms with Crippen LogP contribution in [0.3, 0.4) is 0 Å². The normalized spacial score (nSPS) is 10.6. The van der Waals surface area contributed by atoms with Crippen LogP contribution in [0.4, 0.5) is 8.78 Å². The SMILES string of the molecule is CCCCCOc1ccc(-c2ccc(F)nc2F)cc1. The van der Waals surface area contributed by atoms with Gasteiger partial charge in [0, 0.05) is 5.56 Å². The van der Waals surface area contributed by atoms with Crippen LogP contribution in [0.15, 0.2) is 36.4 Å². The predicted octanol–water partition coefficient (Wildman–Crippen LogP) is 4.60. The molecule has 2 aromatic rings. The lowest BCUT2D eigenvalue weighted by atomic mass is 10.1. The molecule has 106 valence electrons. The fraction of sp³-hybridized carbons (Fsp3) is 0.312. The lowest BCUT2D eigenvalue weighted by Crippen LogP contribution is -1.97. The van der Waals surface area contributed by atoms with E-state index in [9.17, 15) is 8.78 Å². The highest BCUT2D eigenvalue weighted by molar-refractivity contribution is 5.63. The molecule has 0 spiro atoms. The van der Waals surface area contributed by atoms with E-state index in [-0.39, 0.29) is 5.56 Å². The summed E-state index contributed by atoms with van der Waals surface area (Å²) in [4.78, 5) is 3.18. The molecule has 0 aliphatic heterocycles. The minimum absolute atomic E-state index is 0.281. The number of aromatic nitrogens is 1. The number of hydrogen-bond acceptors (Lipinski definition) is 2. The molecule has 0 fully saturated rings. The number of ether oxygens (including phenoxy) is 1. The van der Waals surface area contributed by atoms with Gasteiger partial charge in [-0.3, -0.25) is 0 Å². The third kappa shape index (κ3) is 3.76. The molecule has 0 atom stereocenters. The van der Waals surface area contributed by atoms with E-state index in [4.69, 9.17) is 4.74 Å². The van der Waals surface area contributed by atoms with Crippen LogP contribution in [-0.4, -0.2) is 11.6 Å². The van der Waals surface area contributed by atoms with Crippen LogP contribution in [0.25, 0.3) is 11.1 Å².